The average Bonchev–Trinajstić information content (AvgIpc) is 2.94. The summed E-state index contributed by atoms with van der Waals surface area (Å²) in [5.74, 6) is 0.0495. The number of hydrogen-bond acceptors (Lipinski definition) is 4. The van der Waals surface area contributed by atoms with E-state index in [4.69, 9.17) is 4.74 Å². The lowest BCUT2D eigenvalue weighted by Crippen LogP contribution is -2.42. The largest absolute Gasteiger partial charge is 0.496 e. The molecule has 23 heavy (non-hydrogen) atoms. The lowest BCUT2D eigenvalue weighted by molar-refractivity contribution is -0.121. The van der Waals surface area contributed by atoms with E-state index in [1.807, 2.05) is 31.2 Å². The molecule has 2 rings (SSSR count). The average molecular weight is 332 g/mol. The number of methoxy groups -OCH3 is 1. The summed E-state index contributed by atoms with van der Waals surface area (Å²) in [6.45, 7) is 4.03. The number of thiophene rings is 1. The molecule has 122 valence electrons. The predicted molar refractivity (Wildman–Crippen MR) is 90.7 cm³/mol. The zero-order chi connectivity index (χ0) is 16.8. The van der Waals surface area contributed by atoms with E-state index in [9.17, 15) is 9.59 Å². The molecule has 2 amide bonds. The third-order valence-corrected chi connectivity index (χ3v) is 4.80. The lowest BCUT2D eigenvalue weighted by Gasteiger charge is -2.09. The molecule has 0 aliphatic carbocycles. The summed E-state index contributed by atoms with van der Waals surface area (Å²) in [5.41, 5.74) is 6.76. The van der Waals surface area contributed by atoms with Crippen LogP contribution in [0.1, 0.15) is 32.6 Å². The second kappa shape index (κ2) is 7.78. The number of para-hydroxylation sites is 1. The van der Waals surface area contributed by atoms with Crippen LogP contribution in [0.3, 0.4) is 0 Å². The van der Waals surface area contributed by atoms with Crippen molar-refractivity contribution in [3.05, 3.63) is 51.2 Å². The summed E-state index contributed by atoms with van der Waals surface area (Å²) in [6.07, 6.45) is 1.03. The molecule has 1 heterocycles. The first-order valence-corrected chi connectivity index (χ1v) is 8.17. The molecule has 0 bridgehead atoms. The van der Waals surface area contributed by atoms with E-state index in [1.54, 1.807) is 13.2 Å². The Morgan fingerprint density at radius 1 is 1.22 bits per heavy atom. The minimum atomic E-state index is -0.300. The van der Waals surface area contributed by atoms with Crippen LogP contribution < -0.4 is 15.6 Å². The first kappa shape index (κ1) is 17.0. The second-order valence-corrected chi connectivity index (χ2v) is 6.20. The molecular weight excluding hydrogens is 312 g/mol. The number of nitrogens with one attached hydrogen (secondary N) is 2. The van der Waals surface area contributed by atoms with Crippen LogP contribution in [0.15, 0.2) is 30.3 Å². The Morgan fingerprint density at radius 2 is 1.96 bits per heavy atom. The van der Waals surface area contributed by atoms with Gasteiger partial charge in [-0.3, -0.25) is 20.4 Å². The smallest absolute Gasteiger partial charge is 0.279 e. The summed E-state index contributed by atoms with van der Waals surface area (Å²) in [4.78, 5) is 25.8. The van der Waals surface area contributed by atoms with Crippen molar-refractivity contribution in [2.75, 3.05) is 7.11 Å². The molecule has 0 unspecified atom stereocenters. The van der Waals surface area contributed by atoms with Crippen molar-refractivity contribution < 1.29 is 14.3 Å². The summed E-state index contributed by atoms with van der Waals surface area (Å²) < 4.78 is 5.20. The van der Waals surface area contributed by atoms with Crippen LogP contribution in [-0.4, -0.2) is 18.9 Å². The van der Waals surface area contributed by atoms with Gasteiger partial charge in [-0.25, -0.2) is 0 Å². The summed E-state index contributed by atoms with van der Waals surface area (Å²) in [7, 11) is 1.56. The van der Waals surface area contributed by atoms with Crippen LogP contribution >= 0.6 is 11.3 Å². The fraction of sp³-hybridized carbons (Fsp3) is 0.294. The number of aryl methyl sites for hydroxylation is 2. The van der Waals surface area contributed by atoms with Crippen molar-refractivity contribution in [3.8, 4) is 5.75 Å². The van der Waals surface area contributed by atoms with Gasteiger partial charge in [-0.15, -0.1) is 11.3 Å². The maximum Gasteiger partial charge on any atom is 0.279 e. The van der Waals surface area contributed by atoms with Gasteiger partial charge in [0.1, 0.15) is 5.75 Å². The van der Waals surface area contributed by atoms with Crippen molar-refractivity contribution in [1.29, 1.82) is 0 Å². The van der Waals surface area contributed by atoms with Crippen molar-refractivity contribution in [2.24, 2.45) is 0 Å². The number of hydrazine groups is 1. The standard InChI is InChI=1S/C17H20N2O3S/c1-4-14-11(2)9-15(23-14)17(21)19-18-16(20)10-12-7-5-6-8-13(12)22-3/h5-9H,4,10H2,1-3H3,(H,18,20)(H,19,21). The van der Waals surface area contributed by atoms with E-state index in [0.29, 0.717) is 10.6 Å². The van der Waals surface area contributed by atoms with Gasteiger partial charge < -0.3 is 4.74 Å². The SMILES string of the molecule is CCc1sc(C(=O)NNC(=O)Cc2ccccc2OC)cc1C. The molecule has 1 aromatic heterocycles. The minimum absolute atomic E-state index is 0.133. The quantitative estimate of drug-likeness (QED) is 0.827. The van der Waals surface area contributed by atoms with E-state index in [2.05, 4.69) is 17.8 Å². The number of carbonyl (C=O) groups is 2. The van der Waals surface area contributed by atoms with Gasteiger partial charge in [-0.1, -0.05) is 25.1 Å². The molecule has 2 aromatic rings. The molecular formula is C17H20N2O3S. The highest BCUT2D eigenvalue weighted by Crippen LogP contribution is 2.22. The highest BCUT2D eigenvalue weighted by atomic mass is 32.1. The number of rotatable bonds is 5. The highest BCUT2D eigenvalue weighted by Gasteiger charge is 2.13. The molecule has 0 atom stereocenters. The zero-order valence-electron chi connectivity index (χ0n) is 13.4. The van der Waals surface area contributed by atoms with Crippen molar-refractivity contribution in [3.63, 3.8) is 0 Å². The fourth-order valence-electron chi connectivity index (χ4n) is 2.24. The second-order valence-electron chi connectivity index (χ2n) is 5.06. The monoisotopic (exact) mass is 332 g/mol. The van der Waals surface area contributed by atoms with Gasteiger partial charge in [0.25, 0.3) is 5.91 Å². The van der Waals surface area contributed by atoms with Crippen LogP contribution in [0, 0.1) is 6.92 Å². The predicted octanol–water partition coefficient (Wildman–Crippen LogP) is 2.63. The van der Waals surface area contributed by atoms with Crippen LogP contribution in [0.4, 0.5) is 0 Å². The number of benzene rings is 1. The molecule has 0 fully saturated rings. The lowest BCUT2D eigenvalue weighted by atomic mass is 10.1. The number of hydrogen-bond donors (Lipinski definition) is 2. The van der Waals surface area contributed by atoms with Crippen molar-refractivity contribution in [1.82, 2.24) is 10.9 Å². The molecule has 0 saturated carbocycles. The Hall–Kier alpha value is -2.34. The van der Waals surface area contributed by atoms with E-state index < -0.39 is 0 Å². The number of carbonyl (C=O) groups excluding carboxylic acids is 2. The third kappa shape index (κ3) is 4.32. The first-order valence-electron chi connectivity index (χ1n) is 7.35. The minimum Gasteiger partial charge on any atom is -0.496 e. The van der Waals surface area contributed by atoms with Gasteiger partial charge >= 0.3 is 0 Å². The van der Waals surface area contributed by atoms with Crippen molar-refractivity contribution >= 4 is 23.2 Å². The van der Waals surface area contributed by atoms with Crippen LogP contribution in [0.2, 0.25) is 0 Å². The van der Waals surface area contributed by atoms with Crippen LogP contribution in [0.25, 0.3) is 0 Å². The molecule has 1 aromatic carbocycles. The van der Waals surface area contributed by atoms with Gasteiger partial charge in [-0.05, 0) is 31.0 Å². The summed E-state index contributed by atoms with van der Waals surface area (Å²) in [6, 6.07) is 9.13. The van der Waals surface area contributed by atoms with Crippen molar-refractivity contribution in [2.45, 2.75) is 26.7 Å². The highest BCUT2D eigenvalue weighted by molar-refractivity contribution is 7.14. The van der Waals surface area contributed by atoms with Gasteiger partial charge in [0.2, 0.25) is 5.91 Å². The van der Waals surface area contributed by atoms with Crippen LogP contribution in [0.5, 0.6) is 5.75 Å². The van der Waals surface area contributed by atoms with E-state index in [-0.39, 0.29) is 18.2 Å². The summed E-state index contributed by atoms with van der Waals surface area (Å²) >= 11 is 1.45. The zero-order valence-corrected chi connectivity index (χ0v) is 14.3. The number of amides is 2. The molecule has 0 aliphatic rings. The van der Waals surface area contributed by atoms with Gasteiger partial charge in [0.15, 0.2) is 0 Å². The molecule has 5 nitrogen and oxygen atoms in total. The normalized spacial score (nSPS) is 10.2. The number of ether oxygens (including phenoxy) is 1. The molecule has 2 N–H and O–H groups in total. The Balaban J connectivity index is 1.92. The Labute approximate surface area is 139 Å². The third-order valence-electron chi connectivity index (χ3n) is 3.42. The Kier molecular flexibility index (Phi) is 5.76. The topological polar surface area (TPSA) is 67.4 Å². The molecule has 0 saturated heterocycles. The first-order chi connectivity index (χ1) is 11.0. The fourth-order valence-corrected chi connectivity index (χ4v) is 3.25. The molecule has 6 heteroatoms. The maximum atomic E-state index is 12.1. The Morgan fingerprint density at radius 3 is 2.61 bits per heavy atom. The van der Waals surface area contributed by atoms with Gasteiger partial charge in [0.05, 0.1) is 18.4 Å². The summed E-state index contributed by atoms with van der Waals surface area (Å²) in [5, 5.41) is 0. The van der Waals surface area contributed by atoms with Gasteiger partial charge in [0, 0.05) is 10.4 Å². The van der Waals surface area contributed by atoms with E-state index >= 15 is 0 Å². The van der Waals surface area contributed by atoms with Crippen LogP contribution in [-0.2, 0) is 17.6 Å². The maximum absolute atomic E-state index is 12.1. The molecule has 0 aliphatic heterocycles. The Bertz CT molecular complexity index is 710. The molecule has 0 spiro atoms. The molecule has 0 radical (unpaired) electrons. The van der Waals surface area contributed by atoms with E-state index in [1.165, 1.54) is 16.2 Å². The van der Waals surface area contributed by atoms with E-state index in [0.717, 1.165) is 17.5 Å². The van der Waals surface area contributed by atoms with Gasteiger partial charge in [-0.2, -0.15) is 0 Å².